The molecule has 0 aromatic carbocycles. The molecular formula is C12H14INO6. The minimum Gasteiger partial charge on any atom is -0.480 e. The number of rotatable bonds is 4. The highest BCUT2D eigenvalue weighted by molar-refractivity contribution is 14.2. The summed E-state index contributed by atoms with van der Waals surface area (Å²) in [7, 11) is 0. The van der Waals surface area contributed by atoms with Crippen molar-refractivity contribution in [1.82, 2.24) is 4.90 Å². The molecule has 1 heterocycles. The molecule has 1 saturated carbocycles. The van der Waals surface area contributed by atoms with E-state index in [0.29, 0.717) is 12.8 Å². The summed E-state index contributed by atoms with van der Waals surface area (Å²) in [5.41, 5.74) is 0. The molecule has 110 valence electrons. The predicted octanol–water partition coefficient (Wildman–Crippen LogP) is 1.12. The minimum atomic E-state index is -3.97. The molecule has 0 aromatic heterocycles. The number of aliphatic carboxylic acids is 1. The fourth-order valence-corrected chi connectivity index (χ4v) is 4.50. The fourth-order valence-electron chi connectivity index (χ4n) is 2.62. The van der Waals surface area contributed by atoms with Gasteiger partial charge in [0, 0.05) is 18.7 Å². The van der Waals surface area contributed by atoms with Crippen LogP contribution in [0.4, 0.5) is 0 Å². The average Bonchev–Trinajstić information content (AvgIpc) is 2.71. The smallest absolute Gasteiger partial charge is 0.325 e. The van der Waals surface area contributed by atoms with Crippen LogP contribution in [0.3, 0.4) is 0 Å². The second-order valence-corrected chi connectivity index (χ2v) is 8.36. The fraction of sp³-hybridized carbons (Fsp3) is 0.583. The SMILES string of the molecule is O=C1C=CC(=O)N1CC1CCC(C(=O)O)(I(=O)=O)CC1. The van der Waals surface area contributed by atoms with E-state index in [-0.39, 0.29) is 37.1 Å². The van der Waals surface area contributed by atoms with Gasteiger partial charge in [0.15, 0.2) is 3.42 Å². The number of amides is 2. The molecule has 2 aliphatic rings. The highest BCUT2D eigenvalue weighted by atomic mass is 127. The van der Waals surface area contributed by atoms with Crippen LogP contribution in [0.15, 0.2) is 12.2 Å². The molecule has 0 saturated heterocycles. The Bertz CT molecular complexity index is 530. The van der Waals surface area contributed by atoms with Gasteiger partial charge in [-0.15, -0.1) is 0 Å². The van der Waals surface area contributed by atoms with E-state index in [2.05, 4.69) is 0 Å². The molecule has 1 N–H and O–H groups in total. The van der Waals surface area contributed by atoms with Crippen molar-refractivity contribution in [3.8, 4) is 0 Å². The lowest BCUT2D eigenvalue weighted by Gasteiger charge is -2.32. The zero-order valence-electron chi connectivity index (χ0n) is 10.6. The first-order valence-electron chi connectivity index (χ1n) is 6.19. The second kappa shape index (κ2) is 5.58. The predicted molar refractivity (Wildman–Crippen MR) is 73.6 cm³/mol. The molecule has 0 spiro atoms. The Hall–Kier alpha value is -1.32. The minimum absolute atomic E-state index is 0.0360. The molecule has 8 heteroatoms. The largest absolute Gasteiger partial charge is 0.480 e. The summed E-state index contributed by atoms with van der Waals surface area (Å²) < 4.78 is 21.0. The van der Waals surface area contributed by atoms with Crippen LogP contribution in [-0.4, -0.2) is 37.8 Å². The van der Waals surface area contributed by atoms with Crippen LogP contribution in [0.25, 0.3) is 0 Å². The molecule has 20 heavy (non-hydrogen) atoms. The van der Waals surface area contributed by atoms with Gasteiger partial charge >= 0.3 is 25.8 Å². The summed E-state index contributed by atoms with van der Waals surface area (Å²) in [6, 6.07) is 0. The van der Waals surface area contributed by atoms with Crippen LogP contribution in [0.1, 0.15) is 25.7 Å². The number of nitrogens with zero attached hydrogens (tertiary/aromatic N) is 1. The van der Waals surface area contributed by atoms with E-state index in [4.69, 9.17) is 5.11 Å². The number of hydrogen-bond donors (Lipinski definition) is 1. The lowest BCUT2D eigenvalue weighted by atomic mass is 9.81. The molecule has 0 aromatic rings. The van der Waals surface area contributed by atoms with E-state index in [9.17, 15) is 20.5 Å². The zero-order chi connectivity index (χ0) is 14.9. The van der Waals surface area contributed by atoms with Gasteiger partial charge in [0.25, 0.3) is 11.8 Å². The number of hydrogen-bond acceptors (Lipinski definition) is 5. The summed E-state index contributed by atoms with van der Waals surface area (Å²) in [6.07, 6.45) is 3.31. The molecule has 2 rings (SSSR count). The first kappa shape index (κ1) is 15.1. The quantitative estimate of drug-likeness (QED) is 0.434. The van der Waals surface area contributed by atoms with E-state index in [1.165, 1.54) is 12.2 Å². The number of carbonyl (C=O) groups excluding carboxylic acids is 2. The number of carboxylic acids is 1. The van der Waals surface area contributed by atoms with Gasteiger partial charge in [-0.25, -0.2) is 6.14 Å². The van der Waals surface area contributed by atoms with Crippen LogP contribution >= 0.6 is 19.8 Å². The third-order valence-electron chi connectivity index (χ3n) is 3.92. The Morgan fingerprint density at radius 3 is 2.15 bits per heavy atom. The summed E-state index contributed by atoms with van der Waals surface area (Å²) >= 11 is -3.97. The number of carboxylic acid groups (broad SMARTS) is 1. The Labute approximate surface area is 122 Å². The Kier molecular flexibility index (Phi) is 4.21. The number of imide groups is 1. The Morgan fingerprint density at radius 1 is 1.25 bits per heavy atom. The van der Waals surface area contributed by atoms with Crippen molar-refractivity contribution >= 4 is 37.6 Å². The van der Waals surface area contributed by atoms with E-state index >= 15 is 0 Å². The van der Waals surface area contributed by atoms with Gasteiger partial charge in [-0.1, -0.05) is 0 Å². The Morgan fingerprint density at radius 2 is 1.75 bits per heavy atom. The molecule has 0 unspecified atom stereocenters. The van der Waals surface area contributed by atoms with Crippen LogP contribution in [0.5, 0.6) is 0 Å². The van der Waals surface area contributed by atoms with E-state index in [1.807, 2.05) is 0 Å². The van der Waals surface area contributed by atoms with Gasteiger partial charge in [0.1, 0.15) is 0 Å². The van der Waals surface area contributed by atoms with Crippen LogP contribution in [0.2, 0.25) is 0 Å². The van der Waals surface area contributed by atoms with Crippen molar-refractivity contribution in [3.05, 3.63) is 12.2 Å². The normalized spacial score (nSPS) is 30.2. The first-order valence-corrected chi connectivity index (χ1v) is 9.03. The van der Waals surface area contributed by atoms with Crippen molar-refractivity contribution in [3.63, 3.8) is 0 Å². The molecule has 1 aliphatic carbocycles. The summed E-state index contributed by atoms with van der Waals surface area (Å²) in [5.74, 6) is -2.05. The van der Waals surface area contributed by atoms with E-state index < -0.39 is 29.2 Å². The van der Waals surface area contributed by atoms with Crippen molar-refractivity contribution in [2.45, 2.75) is 29.1 Å². The molecule has 2 amide bonds. The van der Waals surface area contributed by atoms with Crippen LogP contribution in [0, 0.1) is 5.92 Å². The van der Waals surface area contributed by atoms with Crippen molar-refractivity contribution in [1.29, 1.82) is 0 Å². The molecule has 7 nitrogen and oxygen atoms in total. The summed E-state index contributed by atoms with van der Waals surface area (Å²) in [4.78, 5) is 35.2. The molecule has 0 bridgehead atoms. The lowest BCUT2D eigenvalue weighted by molar-refractivity contribution is -0.142. The number of carbonyl (C=O) groups is 3. The van der Waals surface area contributed by atoms with Crippen molar-refractivity contribution in [2.24, 2.45) is 5.92 Å². The van der Waals surface area contributed by atoms with E-state index in [0.717, 1.165) is 4.90 Å². The first-order chi connectivity index (χ1) is 9.36. The number of halogens is 1. The molecular weight excluding hydrogens is 381 g/mol. The topological polar surface area (TPSA) is 109 Å². The monoisotopic (exact) mass is 395 g/mol. The third-order valence-corrected chi connectivity index (χ3v) is 7.14. The van der Waals surface area contributed by atoms with Gasteiger partial charge in [0.2, 0.25) is 0 Å². The molecule has 0 atom stereocenters. The van der Waals surface area contributed by atoms with Gasteiger partial charge in [-0.2, -0.15) is 0 Å². The molecule has 1 fully saturated rings. The maximum Gasteiger partial charge on any atom is 0.325 e. The Balaban J connectivity index is 2.00. The second-order valence-electron chi connectivity index (χ2n) is 5.05. The lowest BCUT2D eigenvalue weighted by Crippen LogP contribution is -2.41. The van der Waals surface area contributed by atoms with Gasteiger partial charge in [0.05, 0.1) is 0 Å². The van der Waals surface area contributed by atoms with Crippen molar-refractivity contribution in [2.75, 3.05) is 6.54 Å². The maximum absolute atomic E-state index is 11.4. The van der Waals surface area contributed by atoms with Crippen molar-refractivity contribution < 1.29 is 25.6 Å². The maximum atomic E-state index is 11.4. The average molecular weight is 395 g/mol. The standard InChI is InChI=1S/C12H14INO6/c15-9-1-2-10(16)14(9)7-8-3-5-12(6-4-8,11(17)18)13(19)20/h1-2,8H,3-7H2,(H,17,18). The number of alkyl halides is 1. The van der Waals surface area contributed by atoms with Gasteiger partial charge in [-0.3, -0.25) is 19.3 Å². The highest BCUT2D eigenvalue weighted by Crippen LogP contribution is 2.45. The van der Waals surface area contributed by atoms with Crippen LogP contribution < -0.4 is 0 Å². The molecule has 1 aliphatic heterocycles. The highest BCUT2D eigenvalue weighted by Gasteiger charge is 2.48. The van der Waals surface area contributed by atoms with Gasteiger partial charge < -0.3 is 5.11 Å². The third kappa shape index (κ3) is 2.60. The van der Waals surface area contributed by atoms with E-state index in [1.54, 1.807) is 0 Å². The zero-order valence-corrected chi connectivity index (χ0v) is 12.7. The molecule has 0 radical (unpaired) electrons. The summed E-state index contributed by atoms with van der Waals surface area (Å²) in [5, 5.41) is 9.12. The van der Waals surface area contributed by atoms with Gasteiger partial charge in [-0.05, 0) is 31.6 Å². The van der Waals surface area contributed by atoms with Crippen LogP contribution in [-0.2, 0) is 20.5 Å². The summed E-state index contributed by atoms with van der Waals surface area (Å²) in [6.45, 7) is 0.228.